The summed E-state index contributed by atoms with van der Waals surface area (Å²) in [7, 11) is 0. The number of nitrogens with one attached hydrogen (secondary N) is 3. The van der Waals surface area contributed by atoms with Gasteiger partial charge in [-0.05, 0) is 37.3 Å². The second kappa shape index (κ2) is 8.93. The molecule has 2 aromatic carbocycles. The maximum Gasteiger partial charge on any atom is 0.246 e. The summed E-state index contributed by atoms with van der Waals surface area (Å²) in [6.07, 6.45) is 0.821. The highest BCUT2D eigenvalue weighted by molar-refractivity contribution is 5.94. The molecule has 0 aromatic heterocycles. The van der Waals surface area contributed by atoms with Gasteiger partial charge < -0.3 is 25.8 Å². The number of rotatable bonds is 5. The van der Waals surface area contributed by atoms with Gasteiger partial charge in [-0.1, -0.05) is 18.2 Å². The highest BCUT2D eigenvalue weighted by atomic mass is 16.5. The van der Waals surface area contributed by atoms with Crippen LogP contribution < -0.4 is 20.7 Å². The van der Waals surface area contributed by atoms with Gasteiger partial charge in [0.05, 0.1) is 12.6 Å². The molecule has 4 N–H and O–H groups in total. The van der Waals surface area contributed by atoms with Gasteiger partial charge in [-0.2, -0.15) is 0 Å². The van der Waals surface area contributed by atoms with Crippen molar-refractivity contribution in [1.82, 2.24) is 10.6 Å². The fraction of sp³-hybridized carbons (Fsp3) is 0.300. The third-order valence-electron chi connectivity index (χ3n) is 4.15. The van der Waals surface area contributed by atoms with E-state index in [-0.39, 0.29) is 24.2 Å². The van der Waals surface area contributed by atoms with Crippen LogP contribution in [-0.2, 0) is 4.79 Å². The van der Waals surface area contributed by atoms with E-state index in [1.165, 1.54) is 12.1 Å². The highest BCUT2D eigenvalue weighted by Gasteiger charge is 2.21. The molecule has 1 heterocycles. The van der Waals surface area contributed by atoms with Crippen molar-refractivity contribution in [2.45, 2.75) is 19.4 Å². The Morgan fingerprint density at radius 2 is 2.00 bits per heavy atom. The SMILES string of the molecule is CCNC(=NCC(=O)Nc1ccc(O)cc1)NC1CCOc2ccccc21. The Morgan fingerprint density at radius 3 is 2.78 bits per heavy atom. The van der Waals surface area contributed by atoms with Gasteiger partial charge >= 0.3 is 0 Å². The number of aliphatic imine (C=N–C) groups is 1. The molecule has 0 fully saturated rings. The first kappa shape index (κ1) is 18.6. The molecule has 7 heteroatoms. The third-order valence-corrected chi connectivity index (χ3v) is 4.15. The van der Waals surface area contributed by atoms with Crippen molar-refractivity contribution in [2.24, 2.45) is 4.99 Å². The van der Waals surface area contributed by atoms with Crippen LogP contribution in [0.3, 0.4) is 0 Å². The Morgan fingerprint density at radius 1 is 1.22 bits per heavy atom. The number of carbonyl (C=O) groups is 1. The van der Waals surface area contributed by atoms with Crippen molar-refractivity contribution in [2.75, 3.05) is 25.0 Å². The largest absolute Gasteiger partial charge is 0.508 e. The van der Waals surface area contributed by atoms with E-state index >= 15 is 0 Å². The molecule has 0 bridgehead atoms. The number of anilines is 1. The predicted octanol–water partition coefficient (Wildman–Crippen LogP) is 2.41. The summed E-state index contributed by atoms with van der Waals surface area (Å²) in [4.78, 5) is 16.5. The van der Waals surface area contributed by atoms with Crippen molar-refractivity contribution < 1.29 is 14.6 Å². The summed E-state index contributed by atoms with van der Waals surface area (Å²) in [6.45, 7) is 3.29. The normalized spacial score (nSPS) is 16.0. The van der Waals surface area contributed by atoms with Crippen molar-refractivity contribution in [1.29, 1.82) is 0 Å². The Bertz CT molecular complexity index is 805. The van der Waals surface area contributed by atoms with Gasteiger partial charge in [0.15, 0.2) is 5.96 Å². The minimum Gasteiger partial charge on any atom is -0.508 e. The lowest BCUT2D eigenvalue weighted by Gasteiger charge is -2.28. The number of nitrogens with zero attached hydrogens (tertiary/aromatic N) is 1. The van der Waals surface area contributed by atoms with Crippen molar-refractivity contribution in [3.05, 3.63) is 54.1 Å². The standard InChI is InChI=1S/C20H24N4O3/c1-2-21-20(22-13-19(26)23-14-7-9-15(25)10-8-14)24-17-11-12-27-18-6-4-3-5-16(17)18/h3-10,17,25H,2,11-13H2,1H3,(H,23,26)(H2,21,22,24). The average molecular weight is 368 g/mol. The molecule has 2 aromatic rings. The molecule has 0 saturated carbocycles. The molecule has 27 heavy (non-hydrogen) atoms. The molecule has 3 rings (SSSR count). The molecule has 1 aliphatic heterocycles. The van der Waals surface area contributed by atoms with Crippen LogP contribution in [-0.4, -0.2) is 36.7 Å². The fourth-order valence-electron chi connectivity index (χ4n) is 2.87. The van der Waals surface area contributed by atoms with E-state index in [4.69, 9.17) is 4.74 Å². The van der Waals surface area contributed by atoms with Crippen molar-refractivity contribution >= 4 is 17.6 Å². The van der Waals surface area contributed by atoms with E-state index in [0.29, 0.717) is 24.8 Å². The second-order valence-electron chi connectivity index (χ2n) is 6.16. The quantitative estimate of drug-likeness (QED) is 0.369. The number of fused-ring (bicyclic) bond motifs is 1. The summed E-state index contributed by atoms with van der Waals surface area (Å²) in [5, 5.41) is 18.6. The van der Waals surface area contributed by atoms with Crippen LogP contribution in [0, 0.1) is 0 Å². The van der Waals surface area contributed by atoms with Crippen molar-refractivity contribution in [3.8, 4) is 11.5 Å². The van der Waals surface area contributed by atoms with Gasteiger partial charge in [0.1, 0.15) is 18.0 Å². The number of carbonyl (C=O) groups excluding carboxylic acids is 1. The number of amides is 1. The molecule has 0 spiro atoms. The lowest BCUT2D eigenvalue weighted by atomic mass is 10.0. The summed E-state index contributed by atoms with van der Waals surface area (Å²) in [5.74, 6) is 1.38. The van der Waals surface area contributed by atoms with Crippen LogP contribution in [0.5, 0.6) is 11.5 Å². The summed E-state index contributed by atoms with van der Waals surface area (Å²) in [5.41, 5.74) is 1.70. The molecular formula is C20H24N4O3. The number of guanidine groups is 1. The number of para-hydroxylation sites is 1. The van der Waals surface area contributed by atoms with Gasteiger partial charge in [-0.15, -0.1) is 0 Å². The molecule has 1 amide bonds. The number of benzene rings is 2. The van der Waals surface area contributed by atoms with E-state index in [0.717, 1.165) is 17.7 Å². The van der Waals surface area contributed by atoms with Gasteiger partial charge in [-0.3, -0.25) is 4.79 Å². The van der Waals surface area contributed by atoms with E-state index in [9.17, 15) is 9.90 Å². The average Bonchev–Trinajstić information content (AvgIpc) is 2.68. The Hall–Kier alpha value is -3.22. The summed E-state index contributed by atoms with van der Waals surface area (Å²) >= 11 is 0. The van der Waals surface area contributed by atoms with Crippen LogP contribution in [0.1, 0.15) is 24.9 Å². The molecule has 1 unspecified atom stereocenters. The first-order valence-corrected chi connectivity index (χ1v) is 9.01. The van der Waals surface area contributed by atoms with Crippen LogP contribution in [0.15, 0.2) is 53.5 Å². The number of ether oxygens (including phenoxy) is 1. The maximum absolute atomic E-state index is 12.1. The van der Waals surface area contributed by atoms with Crippen LogP contribution in [0.25, 0.3) is 0 Å². The first-order chi connectivity index (χ1) is 13.2. The first-order valence-electron chi connectivity index (χ1n) is 9.01. The molecule has 0 aliphatic carbocycles. The lowest BCUT2D eigenvalue weighted by molar-refractivity contribution is -0.114. The maximum atomic E-state index is 12.1. The van der Waals surface area contributed by atoms with Gasteiger partial charge in [0.2, 0.25) is 5.91 Å². The third kappa shape index (κ3) is 5.13. The van der Waals surface area contributed by atoms with Gasteiger partial charge in [-0.25, -0.2) is 4.99 Å². The van der Waals surface area contributed by atoms with Crippen LogP contribution in [0.4, 0.5) is 5.69 Å². The number of aromatic hydroxyl groups is 1. The van der Waals surface area contributed by atoms with E-state index in [1.807, 2.05) is 31.2 Å². The Balaban J connectivity index is 1.63. The zero-order chi connectivity index (χ0) is 19.1. The summed E-state index contributed by atoms with van der Waals surface area (Å²) in [6, 6.07) is 14.3. The van der Waals surface area contributed by atoms with E-state index in [2.05, 4.69) is 20.9 Å². The van der Waals surface area contributed by atoms with Crippen LogP contribution in [0.2, 0.25) is 0 Å². The number of phenolic OH excluding ortho intramolecular Hbond substituents is 1. The monoisotopic (exact) mass is 368 g/mol. The van der Waals surface area contributed by atoms with Gasteiger partial charge in [0.25, 0.3) is 0 Å². The van der Waals surface area contributed by atoms with Gasteiger partial charge in [0, 0.05) is 24.2 Å². The molecule has 0 radical (unpaired) electrons. The minimum absolute atomic E-state index is 0.0128. The zero-order valence-electron chi connectivity index (χ0n) is 15.2. The zero-order valence-corrected chi connectivity index (χ0v) is 15.2. The lowest BCUT2D eigenvalue weighted by Crippen LogP contribution is -2.41. The molecular weight excluding hydrogens is 344 g/mol. The predicted molar refractivity (Wildman–Crippen MR) is 105 cm³/mol. The fourth-order valence-corrected chi connectivity index (χ4v) is 2.87. The minimum atomic E-state index is -0.231. The smallest absolute Gasteiger partial charge is 0.246 e. The van der Waals surface area contributed by atoms with Crippen molar-refractivity contribution in [3.63, 3.8) is 0 Å². The molecule has 142 valence electrons. The Kier molecular flexibility index (Phi) is 6.14. The molecule has 7 nitrogen and oxygen atoms in total. The topological polar surface area (TPSA) is 95.0 Å². The highest BCUT2D eigenvalue weighted by Crippen LogP contribution is 2.31. The molecule has 0 saturated heterocycles. The number of phenols is 1. The van der Waals surface area contributed by atoms with E-state index in [1.54, 1.807) is 12.1 Å². The summed E-state index contributed by atoms with van der Waals surface area (Å²) < 4.78 is 5.69. The second-order valence-corrected chi connectivity index (χ2v) is 6.16. The number of hydrogen-bond donors (Lipinski definition) is 4. The van der Waals surface area contributed by atoms with E-state index < -0.39 is 0 Å². The molecule has 1 aliphatic rings. The number of hydrogen-bond acceptors (Lipinski definition) is 4. The van der Waals surface area contributed by atoms with Crippen LogP contribution >= 0.6 is 0 Å². The molecule has 1 atom stereocenters. The Labute approximate surface area is 158 Å².